The lowest BCUT2D eigenvalue weighted by Crippen LogP contribution is -2.60. The average Bonchev–Trinajstić information content (AvgIpc) is 3.32. The molecule has 0 saturated carbocycles. The Morgan fingerprint density at radius 1 is 0.500 bits per heavy atom. The van der Waals surface area contributed by atoms with Crippen LogP contribution in [0.15, 0.2) is 36.5 Å². The van der Waals surface area contributed by atoms with E-state index in [0.717, 1.165) is 57.8 Å². The van der Waals surface area contributed by atoms with Crippen molar-refractivity contribution < 1.29 is 39.8 Å². The molecule has 0 aliphatic carbocycles. The normalized spacial score (nSPS) is 20.0. The number of rotatable bonds is 48. The Morgan fingerprint density at radius 2 is 0.864 bits per heavy atom. The quantitative estimate of drug-likeness (QED) is 0.0261. The van der Waals surface area contributed by atoms with Gasteiger partial charge in [0.15, 0.2) is 6.29 Å². The molecule has 1 saturated heterocycles. The summed E-state index contributed by atoms with van der Waals surface area (Å²) in [6, 6.07) is -0.825. The molecule has 0 aromatic heterocycles. The monoisotopic (exact) mass is 934 g/mol. The van der Waals surface area contributed by atoms with E-state index < -0.39 is 49.5 Å². The van der Waals surface area contributed by atoms with Crippen molar-refractivity contribution in [1.82, 2.24) is 5.32 Å². The summed E-state index contributed by atoms with van der Waals surface area (Å²) in [7, 11) is 0. The van der Waals surface area contributed by atoms with Crippen LogP contribution in [0.5, 0.6) is 0 Å². The van der Waals surface area contributed by atoms with E-state index in [4.69, 9.17) is 9.47 Å². The molecule has 6 N–H and O–H groups in total. The van der Waals surface area contributed by atoms with Crippen molar-refractivity contribution in [3.8, 4) is 0 Å². The Labute approximate surface area is 406 Å². The molecule has 7 unspecified atom stereocenters. The molecule has 0 radical (unpaired) electrons. The van der Waals surface area contributed by atoms with Gasteiger partial charge in [-0.3, -0.25) is 4.79 Å². The third-order valence-corrected chi connectivity index (χ3v) is 13.4. The molecule has 9 nitrogen and oxygen atoms in total. The number of aliphatic hydroxyl groups is 5. The molecule has 0 aromatic rings. The molecule has 1 heterocycles. The number of carbonyl (C=O) groups is 1. The highest BCUT2D eigenvalue weighted by molar-refractivity contribution is 5.76. The first-order chi connectivity index (χ1) is 32.3. The number of ether oxygens (including phenoxy) is 2. The first-order valence-corrected chi connectivity index (χ1v) is 28.2. The highest BCUT2D eigenvalue weighted by Crippen LogP contribution is 2.23. The summed E-state index contributed by atoms with van der Waals surface area (Å²) < 4.78 is 11.2. The summed E-state index contributed by atoms with van der Waals surface area (Å²) in [6.45, 7) is 3.77. The smallest absolute Gasteiger partial charge is 0.220 e. The van der Waals surface area contributed by atoms with E-state index in [0.29, 0.717) is 6.42 Å². The van der Waals surface area contributed by atoms with Crippen LogP contribution in [0.2, 0.25) is 0 Å². The highest BCUT2D eigenvalue weighted by atomic mass is 16.7. The molecule has 1 aliphatic heterocycles. The van der Waals surface area contributed by atoms with E-state index in [1.54, 1.807) is 6.08 Å². The van der Waals surface area contributed by atoms with Crippen LogP contribution in [0.25, 0.3) is 0 Å². The van der Waals surface area contributed by atoms with Gasteiger partial charge in [0.05, 0.1) is 25.4 Å². The Balaban J connectivity index is 2.23. The van der Waals surface area contributed by atoms with Gasteiger partial charge >= 0.3 is 0 Å². The van der Waals surface area contributed by atoms with Crippen LogP contribution in [-0.4, -0.2) is 87.5 Å². The Morgan fingerprint density at radius 3 is 1.27 bits per heavy atom. The van der Waals surface area contributed by atoms with Gasteiger partial charge < -0.3 is 40.3 Å². The van der Waals surface area contributed by atoms with Gasteiger partial charge in [-0.15, -0.1) is 0 Å². The van der Waals surface area contributed by atoms with Gasteiger partial charge in [-0.2, -0.15) is 0 Å². The minimum Gasteiger partial charge on any atom is -0.394 e. The van der Waals surface area contributed by atoms with Crippen molar-refractivity contribution >= 4 is 5.91 Å². The second kappa shape index (κ2) is 47.1. The largest absolute Gasteiger partial charge is 0.394 e. The minimum atomic E-state index is -1.57. The fourth-order valence-electron chi connectivity index (χ4n) is 8.93. The number of allylic oxidation sites excluding steroid dienone is 5. The summed E-state index contributed by atoms with van der Waals surface area (Å²) in [5.74, 6) is -0.194. The fraction of sp³-hybridized carbons (Fsp3) is 0.877. The van der Waals surface area contributed by atoms with Crippen LogP contribution in [0.4, 0.5) is 0 Å². The summed E-state index contributed by atoms with van der Waals surface area (Å²) in [4.78, 5) is 13.0. The first kappa shape index (κ1) is 62.4. The number of unbranched alkanes of at least 4 members (excludes halogenated alkanes) is 34. The fourth-order valence-corrected chi connectivity index (χ4v) is 8.93. The molecule has 1 amide bonds. The van der Waals surface area contributed by atoms with Crippen LogP contribution < -0.4 is 5.32 Å². The van der Waals surface area contributed by atoms with E-state index in [1.807, 2.05) is 6.08 Å². The first-order valence-electron chi connectivity index (χ1n) is 28.2. The molecule has 7 atom stereocenters. The number of hydrogen-bond donors (Lipinski definition) is 6. The predicted octanol–water partition coefficient (Wildman–Crippen LogP) is 13.6. The van der Waals surface area contributed by atoms with E-state index >= 15 is 0 Å². The van der Waals surface area contributed by atoms with Crippen LogP contribution in [0, 0.1) is 0 Å². The Bertz CT molecular complexity index is 1130. The van der Waals surface area contributed by atoms with Crippen molar-refractivity contribution in [1.29, 1.82) is 0 Å². The van der Waals surface area contributed by atoms with Crippen molar-refractivity contribution in [3.05, 3.63) is 36.5 Å². The molecule has 1 fully saturated rings. The van der Waals surface area contributed by atoms with Gasteiger partial charge in [0.1, 0.15) is 24.4 Å². The highest BCUT2D eigenvalue weighted by Gasteiger charge is 2.44. The zero-order chi connectivity index (χ0) is 48.0. The zero-order valence-corrected chi connectivity index (χ0v) is 43.0. The van der Waals surface area contributed by atoms with Gasteiger partial charge in [-0.05, 0) is 57.8 Å². The molecule has 1 rings (SSSR count). The second-order valence-corrected chi connectivity index (χ2v) is 19.7. The van der Waals surface area contributed by atoms with E-state index in [2.05, 4.69) is 43.5 Å². The summed E-state index contributed by atoms with van der Waals surface area (Å²) in [5.41, 5.74) is 0. The maximum Gasteiger partial charge on any atom is 0.220 e. The summed E-state index contributed by atoms with van der Waals surface area (Å²) in [5, 5.41) is 54.4. The van der Waals surface area contributed by atoms with Crippen molar-refractivity contribution in [2.75, 3.05) is 13.2 Å². The van der Waals surface area contributed by atoms with E-state index in [1.165, 1.54) is 186 Å². The lowest BCUT2D eigenvalue weighted by atomic mass is 9.99. The number of amides is 1. The Hall–Kier alpha value is -1.59. The summed E-state index contributed by atoms with van der Waals surface area (Å²) in [6.07, 6.45) is 53.6. The SMILES string of the molecule is CCCCCCCC/C=C\CCCCCCCC(=O)NC(COC1OC(CO)C(O)C(O)C1O)C(O)/C=C/CC/C=C/CCCCCCCCCCCCCCCCCCCCCCCC. The Kier molecular flexibility index (Phi) is 44.6. The molecule has 9 heteroatoms. The molecule has 66 heavy (non-hydrogen) atoms. The topological polar surface area (TPSA) is 149 Å². The number of hydrogen-bond acceptors (Lipinski definition) is 8. The lowest BCUT2D eigenvalue weighted by Gasteiger charge is -2.40. The second-order valence-electron chi connectivity index (χ2n) is 19.7. The van der Waals surface area contributed by atoms with E-state index in [9.17, 15) is 30.3 Å². The molecular weight excluding hydrogens is 827 g/mol. The molecule has 388 valence electrons. The van der Waals surface area contributed by atoms with Crippen LogP contribution in [0.3, 0.4) is 0 Å². The number of aliphatic hydroxyl groups excluding tert-OH is 5. The molecule has 0 spiro atoms. The zero-order valence-electron chi connectivity index (χ0n) is 43.0. The van der Waals surface area contributed by atoms with Gasteiger partial charge in [0, 0.05) is 6.42 Å². The van der Waals surface area contributed by atoms with Gasteiger partial charge in [0.2, 0.25) is 5.91 Å². The van der Waals surface area contributed by atoms with Crippen molar-refractivity contribution in [2.24, 2.45) is 0 Å². The predicted molar refractivity (Wildman–Crippen MR) is 276 cm³/mol. The van der Waals surface area contributed by atoms with Crippen LogP contribution in [-0.2, 0) is 14.3 Å². The van der Waals surface area contributed by atoms with Gasteiger partial charge in [0.25, 0.3) is 0 Å². The van der Waals surface area contributed by atoms with Gasteiger partial charge in [-0.25, -0.2) is 0 Å². The van der Waals surface area contributed by atoms with Crippen LogP contribution in [0.1, 0.15) is 264 Å². The third-order valence-electron chi connectivity index (χ3n) is 13.4. The van der Waals surface area contributed by atoms with Gasteiger partial charge in [-0.1, -0.05) is 237 Å². The standard InChI is InChI=1S/C57H107NO8/c1-3-5-7-9-11-13-15-17-19-20-21-22-23-24-25-26-27-28-29-30-31-33-34-36-38-40-42-44-46-51(60)50(49-65-57-56(64)55(63)54(62)52(48-59)66-57)58-53(61)47-45-43-41-39-37-35-32-18-16-14-12-10-8-6-4-2/h18,32,36,38,44,46,50-52,54-57,59-60,62-64H,3-17,19-31,33-35,37,39-43,45,47-49H2,1-2H3,(H,58,61)/b32-18-,38-36+,46-44+. The maximum atomic E-state index is 13.0. The summed E-state index contributed by atoms with van der Waals surface area (Å²) >= 11 is 0. The number of nitrogens with one attached hydrogen (secondary N) is 1. The third kappa shape index (κ3) is 36.4. The molecule has 1 aliphatic rings. The number of carbonyl (C=O) groups excluding carboxylic acids is 1. The molecule has 0 aromatic carbocycles. The van der Waals surface area contributed by atoms with Crippen molar-refractivity contribution in [3.63, 3.8) is 0 Å². The minimum absolute atomic E-state index is 0.194. The maximum absolute atomic E-state index is 13.0. The molecule has 0 bridgehead atoms. The lowest BCUT2D eigenvalue weighted by molar-refractivity contribution is -0.302. The van der Waals surface area contributed by atoms with E-state index in [-0.39, 0.29) is 12.5 Å². The van der Waals surface area contributed by atoms with Crippen molar-refractivity contribution in [2.45, 2.75) is 307 Å². The average molecular weight is 934 g/mol. The van der Waals surface area contributed by atoms with Crippen LogP contribution >= 0.6 is 0 Å². The molecular formula is C57H107NO8.